The zero-order chi connectivity index (χ0) is 12.6. The molecule has 0 amide bonds. The van der Waals surface area contributed by atoms with Crippen molar-refractivity contribution in [2.75, 3.05) is 0 Å². The number of aromatic nitrogens is 3. The largest absolute Gasteiger partial charge is 0.291 e. The van der Waals surface area contributed by atoms with Crippen molar-refractivity contribution < 1.29 is 0 Å². The summed E-state index contributed by atoms with van der Waals surface area (Å²) in [7, 11) is 0. The molecular weight excluding hydrogens is 200 g/mol. The van der Waals surface area contributed by atoms with Crippen LogP contribution < -0.4 is 0 Å². The van der Waals surface area contributed by atoms with E-state index in [0.717, 1.165) is 11.5 Å². The van der Waals surface area contributed by atoms with Crippen LogP contribution in [0, 0.1) is 12.8 Å². The molecule has 0 aliphatic carbocycles. The number of hydrogen-bond donors (Lipinski definition) is 0. The Kier molecular flexibility index (Phi) is 7.09. The van der Waals surface area contributed by atoms with Gasteiger partial charge in [-0.2, -0.15) is 0 Å². The molecule has 1 aromatic heterocycles. The van der Waals surface area contributed by atoms with Crippen molar-refractivity contribution in [2.24, 2.45) is 10.9 Å². The molecule has 0 unspecified atom stereocenters. The first-order valence-corrected chi connectivity index (χ1v) is 5.71. The summed E-state index contributed by atoms with van der Waals surface area (Å²) in [5.41, 5.74) is 1.02. The Labute approximate surface area is 98.1 Å². The molecule has 0 aliphatic rings. The lowest BCUT2D eigenvalue weighted by Crippen LogP contribution is -1.96. The predicted octanol–water partition coefficient (Wildman–Crippen LogP) is 3.16. The lowest BCUT2D eigenvalue weighted by molar-refractivity contribution is 0.758. The van der Waals surface area contributed by atoms with Crippen molar-refractivity contribution in [3.8, 4) is 0 Å². The highest BCUT2D eigenvalue weighted by molar-refractivity contribution is 5.56. The van der Waals surface area contributed by atoms with Crippen LogP contribution in [0.5, 0.6) is 0 Å². The van der Waals surface area contributed by atoms with Crippen LogP contribution >= 0.6 is 0 Å². The Morgan fingerprint density at radius 2 is 2.06 bits per heavy atom. The predicted molar refractivity (Wildman–Crippen MR) is 69.4 cm³/mol. The summed E-state index contributed by atoms with van der Waals surface area (Å²) in [6.07, 6.45) is 5.44. The summed E-state index contributed by atoms with van der Waals surface area (Å²) in [5.74, 6) is 1.27. The van der Waals surface area contributed by atoms with Crippen molar-refractivity contribution in [3.63, 3.8) is 0 Å². The van der Waals surface area contributed by atoms with Crippen LogP contribution in [-0.2, 0) is 0 Å². The molecule has 4 heteroatoms. The zero-order valence-corrected chi connectivity index (χ0v) is 11.1. The molecule has 90 valence electrons. The minimum absolute atomic E-state index is 0.396. The maximum absolute atomic E-state index is 4.30. The second-order valence-corrected chi connectivity index (χ2v) is 3.38. The smallest absolute Gasteiger partial charge is 0.133 e. The third-order valence-electron chi connectivity index (χ3n) is 1.89. The van der Waals surface area contributed by atoms with E-state index in [2.05, 4.69) is 29.0 Å². The number of rotatable bonds is 3. The van der Waals surface area contributed by atoms with Crippen LogP contribution in [0.4, 0.5) is 0 Å². The Bertz CT molecular complexity index is 348. The van der Waals surface area contributed by atoms with Gasteiger partial charge in [0.15, 0.2) is 0 Å². The van der Waals surface area contributed by atoms with Gasteiger partial charge in [-0.3, -0.25) is 9.56 Å². The molecule has 0 aromatic carbocycles. The molecule has 0 N–H and O–H groups in total. The fraction of sp³-hybridized carbons (Fsp3) is 0.583. The Morgan fingerprint density at radius 3 is 2.44 bits per heavy atom. The lowest BCUT2D eigenvalue weighted by Gasteiger charge is -2.05. The molecule has 4 nitrogen and oxygen atoms in total. The van der Waals surface area contributed by atoms with Crippen molar-refractivity contribution in [2.45, 2.75) is 41.5 Å². The SMILES string of the molecule is CC.CC=N/C(=C\n1cnnc1C)C(C)C. The highest BCUT2D eigenvalue weighted by Gasteiger charge is 2.02. The fourth-order valence-corrected chi connectivity index (χ4v) is 1.05. The van der Waals surface area contributed by atoms with Gasteiger partial charge in [-0.1, -0.05) is 27.7 Å². The number of nitrogens with zero attached hydrogens (tertiary/aromatic N) is 4. The van der Waals surface area contributed by atoms with E-state index in [1.54, 1.807) is 12.5 Å². The van der Waals surface area contributed by atoms with E-state index in [9.17, 15) is 0 Å². The van der Waals surface area contributed by atoms with E-state index in [4.69, 9.17) is 0 Å². The number of aryl methyl sites for hydroxylation is 1. The number of allylic oxidation sites excluding steroid dienone is 1. The molecule has 0 aliphatic heterocycles. The Balaban J connectivity index is 0.00000106. The summed E-state index contributed by atoms with van der Waals surface area (Å²) in [5, 5.41) is 7.72. The quantitative estimate of drug-likeness (QED) is 0.737. The lowest BCUT2D eigenvalue weighted by atomic mass is 10.1. The first-order chi connectivity index (χ1) is 7.65. The van der Waals surface area contributed by atoms with Gasteiger partial charge in [0.05, 0.1) is 5.70 Å². The highest BCUT2D eigenvalue weighted by Crippen LogP contribution is 2.12. The molecule has 1 aromatic rings. The van der Waals surface area contributed by atoms with Crippen LogP contribution in [0.1, 0.15) is 40.4 Å². The van der Waals surface area contributed by atoms with Gasteiger partial charge >= 0.3 is 0 Å². The average Bonchev–Trinajstić information content (AvgIpc) is 2.66. The molecule has 0 bridgehead atoms. The van der Waals surface area contributed by atoms with Crippen LogP contribution in [0.25, 0.3) is 6.20 Å². The summed E-state index contributed by atoms with van der Waals surface area (Å²) in [6, 6.07) is 0. The average molecular weight is 222 g/mol. The topological polar surface area (TPSA) is 43.1 Å². The monoisotopic (exact) mass is 222 g/mol. The van der Waals surface area contributed by atoms with Crippen LogP contribution in [-0.4, -0.2) is 21.0 Å². The van der Waals surface area contributed by atoms with Crippen molar-refractivity contribution in [1.82, 2.24) is 14.8 Å². The number of aliphatic imine (C=N–C) groups is 1. The molecule has 0 saturated carbocycles. The highest BCUT2D eigenvalue weighted by atomic mass is 15.2. The molecule has 1 rings (SSSR count). The zero-order valence-electron chi connectivity index (χ0n) is 11.1. The van der Waals surface area contributed by atoms with E-state index < -0.39 is 0 Å². The molecule has 0 spiro atoms. The molecule has 0 fully saturated rings. The Hall–Kier alpha value is -1.45. The standard InChI is InChI=1S/C10H16N4.C2H6/c1-5-11-10(8(2)3)6-14-7-12-13-9(14)4;1-2/h5-8H,1-4H3;1-2H3/b10-6-,11-5?;. The third kappa shape index (κ3) is 4.38. The van der Waals surface area contributed by atoms with Crippen LogP contribution in [0.2, 0.25) is 0 Å². The van der Waals surface area contributed by atoms with Gasteiger partial charge in [-0.25, -0.2) is 0 Å². The summed E-state index contributed by atoms with van der Waals surface area (Å²) in [4.78, 5) is 4.30. The van der Waals surface area contributed by atoms with Crippen LogP contribution in [0.3, 0.4) is 0 Å². The van der Waals surface area contributed by atoms with E-state index >= 15 is 0 Å². The summed E-state index contributed by atoms with van der Waals surface area (Å²) in [6.45, 7) is 12.0. The summed E-state index contributed by atoms with van der Waals surface area (Å²) < 4.78 is 1.88. The normalized spacial score (nSPS) is 11.8. The minimum atomic E-state index is 0.396. The fourth-order valence-electron chi connectivity index (χ4n) is 1.05. The van der Waals surface area contributed by atoms with Gasteiger partial charge < -0.3 is 0 Å². The third-order valence-corrected chi connectivity index (χ3v) is 1.89. The molecule has 0 radical (unpaired) electrons. The maximum atomic E-state index is 4.30. The van der Waals surface area contributed by atoms with Gasteiger partial charge in [0.1, 0.15) is 12.2 Å². The molecular formula is C12H22N4. The number of hydrogen-bond acceptors (Lipinski definition) is 3. The minimum Gasteiger partial charge on any atom is -0.291 e. The summed E-state index contributed by atoms with van der Waals surface area (Å²) >= 11 is 0. The molecule has 0 atom stereocenters. The van der Waals surface area contributed by atoms with Crippen molar-refractivity contribution >= 4 is 12.4 Å². The van der Waals surface area contributed by atoms with Gasteiger partial charge in [-0.15, -0.1) is 10.2 Å². The molecule has 1 heterocycles. The van der Waals surface area contributed by atoms with Gasteiger partial charge in [-0.05, 0) is 19.8 Å². The van der Waals surface area contributed by atoms with E-state index in [-0.39, 0.29) is 0 Å². The second-order valence-electron chi connectivity index (χ2n) is 3.38. The van der Waals surface area contributed by atoms with Gasteiger partial charge in [0, 0.05) is 12.4 Å². The van der Waals surface area contributed by atoms with E-state index in [0.29, 0.717) is 5.92 Å². The molecule has 0 saturated heterocycles. The molecule has 16 heavy (non-hydrogen) atoms. The van der Waals surface area contributed by atoms with Crippen molar-refractivity contribution in [1.29, 1.82) is 0 Å². The van der Waals surface area contributed by atoms with Crippen molar-refractivity contribution in [3.05, 3.63) is 17.8 Å². The first kappa shape index (κ1) is 14.6. The van der Waals surface area contributed by atoms with E-state index in [1.165, 1.54) is 0 Å². The van der Waals surface area contributed by atoms with Gasteiger partial charge in [0.25, 0.3) is 0 Å². The second kappa shape index (κ2) is 7.79. The van der Waals surface area contributed by atoms with Gasteiger partial charge in [0.2, 0.25) is 0 Å². The Morgan fingerprint density at radius 1 is 1.44 bits per heavy atom. The maximum Gasteiger partial charge on any atom is 0.133 e. The van der Waals surface area contributed by atoms with E-state index in [1.807, 2.05) is 38.5 Å². The first-order valence-electron chi connectivity index (χ1n) is 5.71. The van der Waals surface area contributed by atoms with Crippen LogP contribution in [0.15, 0.2) is 17.0 Å².